The number of fused-ring (bicyclic) bond motifs is 1. The van der Waals surface area contributed by atoms with Crippen molar-refractivity contribution < 1.29 is 0 Å². The van der Waals surface area contributed by atoms with E-state index >= 15 is 0 Å². The van der Waals surface area contributed by atoms with Crippen molar-refractivity contribution in [3.8, 4) is 5.69 Å². The average molecular weight is 220 g/mol. The Bertz CT molecular complexity index is 680. The topological polar surface area (TPSA) is 17.8 Å². The molecule has 3 rings (SSSR count). The number of para-hydroxylation sites is 3. The molecule has 2 nitrogen and oxygen atoms in total. The predicted octanol–water partition coefficient (Wildman–Crippen LogP) is 3.67. The zero-order chi connectivity index (χ0) is 11.7. The molecule has 0 bridgehead atoms. The minimum atomic E-state index is 1.01. The molecule has 0 unspecified atom stereocenters. The van der Waals surface area contributed by atoms with Crippen LogP contribution in [0, 0.1) is 0 Å². The Hall–Kier alpha value is -2.35. The lowest BCUT2D eigenvalue weighted by atomic mass is 10.1. The lowest BCUT2D eigenvalue weighted by Crippen LogP contribution is -1.94. The average Bonchev–Trinajstić information content (AvgIpc) is 2.82. The summed E-state index contributed by atoms with van der Waals surface area (Å²) in [6, 6.07) is 16.3. The fraction of sp³-hybridized carbons (Fsp3) is 0. The maximum atomic E-state index is 4.40. The monoisotopic (exact) mass is 220 g/mol. The minimum absolute atomic E-state index is 1.01. The number of benzene rings is 2. The second-order valence-electron chi connectivity index (χ2n) is 3.87. The zero-order valence-electron chi connectivity index (χ0n) is 9.38. The van der Waals surface area contributed by atoms with Gasteiger partial charge in [-0.2, -0.15) is 0 Å². The number of rotatable bonds is 2. The Kier molecular flexibility index (Phi) is 2.26. The van der Waals surface area contributed by atoms with Crippen molar-refractivity contribution in [2.75, 3.05) is 0 Å². The first-order valence-corrected chi connectivity index (χ1v) is 5.54. The second kappa shape index (κ2) is 3.91. The fourth-order valence-electron chi connectivity index (χ4n) is 2.03. The molecule has 0 saturated heterocycles. The van der Waals surface area contributed by atoms with Crippen LogP contribution in [-0.2, 0) is 0 Å². The van der Waals surface area contributed by atoms with E-state index in [4.69, 9.17) is 0 Å². The van der Waals surface area contributed by atoms with E-state index in [-0.39, 0.29) is 0 Å². The van der Waals surface area contributed by atoms with E-state index in [9.17, 15) is 0 Å². The summed E-state index contributed by atoms with van der Waals surface area (Å²) in [5.41, 5.74) is 4.33. The molecule has 2 aromatic carbocycles. The van der Waals surface area contributed by atoms with Gasteiger partial charge in [-0.3, -0.25) is 4.57 Å². The highest BCUT2D eigenvalue weighted by Gasteiger charge is 2.05. The van der Waals surface area contributed by atoms with Crippen molar-refractivity contribution >= 4 is 17.1 Å². The molecule has 0 radical (unpaired) electrons. The van der Waals surface area contributed by atoms with Crippen LogP contribution in [0.4, 0.5) is 0 Å². The lowest BCUT2D eigenvalue weighted by Gasteiger charge is -2.07. The largest absolute Gasteiger partial charge is 0.298 e. The molecule has 1 aromatic heterocycles. The van der Waals surface area contributed by atoms with Crippen LogP contribution in [0.1, 0.15) is 5.56 Å². The summed E-state index contributed by atoms with van der Waals surface area (Å²) >= 11 is 0. The third-order valence-corrected chi connectivity index (χ3v) is 2.87. The standard InChI is InChI=1S/C15H12N2/c1-2-12-7-3-5-9-14(12)17-11-16-13-8-4-6-10-15(13)17/h2-11H,1H2. The molecule has 0 amide bonds. The van der Waals surface area contributed by atoms with Gasteiger partial charge in [0.25, 0.3) is 0 Å². The van der Waals surface area contributed by atoms with Gasteiger partial charge in [0.2, 0.25) is 0 Å². The van der Waals surface area contributed by atoms with Gasteiger partial charge < -0.3 is 0 Å². The normalized spacial score (nSPS) is 10.6. The maximum absolute atomic E-state index is 4.40. The fourth-order valence-corrected chi connectivity index (χ4v) is 2.03. The highest BCUT2D eigenvalue weighted by Crippen LogP contribution is 2.21. The molecule has 3 aromatic rings. The minimum Gasteiger partial charge on any atom is -0.298 e. The van der Waals surface area contributed by atoms with Crippen molar-refractivity contribution in [3.63, 3.8) is 0 Å². The Morgan fingerprint density at radius 1 is 1.00 bits per heavy atom. The molecule has 0 aliphatic heterocycles. The third-order valence-electron chi connectivity index (χ3n) is 2.87. The van der Waals surface area contributed by atoms with Gasteiger partial charge in [0.05, 0.1) is 16.7 Å². The van der Waals surface area contributed by atoms with Crippen LogP contribution in [0.3, 0.4) is 0 Å². The van der Waals surface area contributed by atoms with Crippen molar-refractivity contribution in [2.45, 2.75) is 0 Å². The number of hydrogen-bond donors (Lipinski definition) is 0. The van der Waals surface area contributed by atoms with Crippen LogP contribution in [0.5, 0.6) is 0 Å². The van der Waals surface area contributed by atoms with E-state index in [0.717, 1.165) is 22.3 Å². The molecule has 0 aliphatic carbocycles. The van der Waals surface area contributed by atoms with Gasteiger partial charge in [-0.15, -0.1) is 0 Å². The summed E-state index contributed by atoms with van der Waals surface area (Å²) in [7, 11) is 0. The van der Waals surface area contributed by atoms with Gasteiger partial charge in [-0.05, 0) is 23.8 Å². The molecule has 0 atom stereocenters. The lowest BCUT2D eigenvalue weighted by molar-refractivity contribution is 1.09. The van der Waals surface area contributed by atoms with E-state index in [0.29, 0.717) is 0 Å². The molecule has 0 spiro atoms. The van der Waals surface area contributed by atoms with Crippen LogP contribution in [0.2, 0.25) is 0 Å². The molecule has 1 heterocycles. The quantitative estimate of drug-likeness (QED) is 0.644. The van der Waals surface area contributed by atoms with E-state index < -0.39 is 0 Å². The van der Waals surface area contributed by atoms with E-state index in [1.54, 1.807) is 0 Å². The van der Waals surface area contributed by atoms with Crippen LogP contribution >= 0.6 is 0 Å². The summed E-state index contributed by atoms with van der Waals surface area (Å²) in [4.78, 5) is 4.40. The van der Waals surface area contributed by atoms with Crippen LogP contribution in [-0.4, -0.2) is 9.55 Å². The molecule has 0 saturated carbocycles. The highest BCUT2D eigenvalue weighted by atomic mass is 15.0. The number of aromatic nitrogens is 2. The molecule has 0 fully saturated rings. The van der Waals surface area contributed by atoms with Crippen LogP contribution in [0.25, 0.3) is 22.8 Å². The first-order valence-electron chi connectivity index (χ1n) is 5.54. The Morgan fingerprint density at radius 3 is 2.65 bits per heavy atom. The summed E-state index contributed by atoms with van der Waals surface area (Å²) in [6.45, 7) is 3.85. The van der Waals surface area contributed by atoms with Crippen molar-refractivity contribution in [1.82, 2.24) is 9.55 Å². The Morgan fingerprint density at radius 2 is 1.76 bits per heavy atom. The number of hydrogen-bond acceptors (Lipinski definition) is 1. The second-order valence-corrected chi connectivity index (χ2v) is 3.87. The number of imidazole rings is 1. The summed E-state index contributed by atoms with van der Waals surface area (Å²) in [6.07, 6.45) is 3.72. The first-order chi connectivity index (χ1) is 8.40. The molecule has 2 heteroatoms. The molecule has 0 N–H and O–H groups in total. The van der Waals surface area contributed by atoms with Crippen molar-refractivity contribution in [2.24, 2.45) is 0 Å². The smallest absolute Gasteiger partial charge is 0.100 e. The highest BCUT2D eigenvalue weighted by molar-refractivity contribution is 5.78. The van der Waals surface area contributed by atoms with Gasteiger partial charge in [0.15, 0.2) is 0 Å². The van der Waals surface area contributed by atoms with E-state index in [1.807, 2.05) is 42.7 Å². The molecule has 82 valence electrons. The molecular weight excluding hydrogens is 208 g/mol. The summed E-state index contributed by atoms with van der Waals surface area (Å²) in [5, 5.41) is 0. The molecule has 17 heavy (non-hydrogen) atoms. The molecular formula is C15H12N2. The SMILES string of the molecule is C=Cc1ccccc1-n1cnc2ccccc21. The van der Waals surface area contributed by atoms with Crippen molar-refractivity contribution in [3.05, 3.63) is 67.0 Å². The summed E-state index contributed by atoms with van der Waals surface area (Å²) in [5.74, 6) is 0. The summed E-state index contributed by atoms with van der Waals surface area (Å²) < 4.78 is 2.09. The first kappa shape index (κ1) is 9.85. The molecule has 0 aliphatic rings. The zero-order valence-corrected chi connectivity index (χ0v) is 9.38. The van der Waals surface area contributed by atoms with E-state index in [1.165, 1.54) is 0 Å². The number of nitrogens with zero attached hydrogens (tertiary/aromatic N) is 2. The Labute approximate surface area is 99.8 Å². The third kappa shape index (κ3) is 1.54. The van der Waals surface area contributed by atoms with Gasteiger partial charge in [0.1, 0.15) is 6.33 Å². The predicted molar refractivity (Wildman–Crippen MR) is 71.2 cm³/mol. The van der Waals surface area contributed by atoms with Gasteiger partial charge in [0, 0.05) is 0 Å². The van der Waals surface area contributed by atoms with Gasteiger partial charge >= 0.3 is 0 Å². The van der Waals surface area contributed by atoms with E-state index in [2.05, 4.69) is 34.3 Å². The maximum Gasteiger partial charge on any atom is 0.100 e. The Balaban J connectivity index is 2.31. The van der Waals surface area contributed by atoms with Crippen molar-refractivity contribution in [1.29, 1.82) is 0 Å². The van der Waals surface area contributed by atoms with Gasteiger partial charge in [-0.25, -0.2) is 4.98 Å². The van der Waals surface area contributed by atoms with Crippen LogP contribution in [0.15, 0.2) is 61.4 Å². The van der Waals surface area contributed by atoms with Gasteiger partial charge in [-0.1, -0.05) is 43.0 Å². The van der Waals surface area contributed by atoms with Crippen LogP contribution < -0.4 is 0 Å².